The molecule has 5 nitrogen and oxygen atoms in total. The SMILES string of the molecule is COc1cc(C)c(-c2cccc(COc3ccc4c(c3)C(O)CC4CC(=O)O)c2)c(C)c1. The first-order valence-corrected chi connectivity index (χ1v) is 10.8. The zero-order valence-corrected chi connectivity index (χ0v) is 18.6. The summed E-state index contributed by atoms with van der Waals surface area (Å²) in [7, 11) is 1.68. The summed E-state index contributed by atoms with van der Waals surface area (Å²) >= 11 is 0. The molecule has 0 bridgehead atoms. The first kappa shape index (κ1) is 21.9. The van der Waals surface area contributed by atoms with Gasteiger partial charge in [-0.1, -0.05) is 24.3 Å². The molecular weight excluding hydrogens is 404 g/mol. The van der Waals surface area contributed by atoms with Gasteiger partial charge in [0.05, 0.1) is 19.6 Å². The molecule has 3 aromatic carbocycles. The normalized spacial score (nSPS) is 17.1. The van der Waals surface area contributed by atoms with E-state index in [2.05, 4.69) is 26.0 Å². The lowest BCUT2D eigenvalue weighted by atomic mass is 9.94. The number of carboxylic acid groups (broad SMARTS) is 1. The Labute approximate surface area is 188 Å². The Morgan fingerprint density at radius 1 is 1.00 bits per heavy atom. The number of benzene rings is 3. The second-order valence-electron chi connectivity index (χ2n) is 8.46. The van der Waals surface area contributed by atoms with Crippen molar-refractivity contribution in [3.8, 4) is 22.6 Å². The summed E-state index contributed by atoms with van der Waals surface area (Å²) in [6.07, 6.45) is -0.183. The molecule has 32 heavy (non-hydrogen) atoms. The van der Waals surface area contributed by atoms with Crippen molar-refractivity contribution >= 4 is 5.97 Å². The lowest BCUT2D eigenvalue weighted by Crippen LogP contribution is -2.03. The van der Waals surface area contributed by atoms with Crippen molar-refractivity contribution in [3.63, 3.8) is 0 Å². The summed E-state index contributed by atoms with van der Waals surface area (Å²) in [5.74, 6) is 0.519. The van der Waals surface area contributed by atoms with Crippen LogP contribution in [0.4, 0.5) is 0 Å². The molecule has 1 aliphatic carbocycles. The molecule has 0 aromatic heterocycles. The summed E-state index contributed by atoms with van der Waals surface area (Å²) in [4.78, 5) is 11.1. The van der Waals surface area contributed by atoms with Crippen LogP contribution in [0.15, 0.2) is 54.6 Å². The zero-order chi connectivity index (χ0) is 22.8. The minimum Gasteiger partial charge on any atom is -0.497 e. The Balaban J connectivity index is 1.51. The van der Waals surface area contributed by atoms with Gasteiger partial charge in [-0.15, -0.1) is 0 Å². The third kappa shape index (κ3) is 4.48. The number of ether oxygens (including phenoxy) is 2. The van der Waals surface area contributed by atoms with Gasteiger partial charge < -0.3 is 19.7 Å². The molecule has 3 aromatic rings. The smallest absolute Gasteiger partial charge is 0.303 e. The van der Waals surface area contributed by atoms with E-state index in [1.165, 1.54) is 5.56 Å². The van der Waals surface area contributed by atoms with Crippen LogP contribution in [-0.4, -0.2) is 23.3 Å². The second-order valence-corrected chi connectivity index (χ2v) is 8.46. The predicted molar refractivity (Wildman–Crippen MR) is 123 cm³/mol. The van der Waals surface area contributed by atoms with Crippen LogP contribution in [0.2, 0.25) is 0 Å². The maximum Gasteiger partial charge on any atom is 0.303 e. The van der Waals surface area contributed by atoms with Crippen molar-refractivity contribution < 1.29 is 24.5 Å². The van der Waals surface area contributed by atoms with Gasteiger partial charge in [-0.2, -0.15) is 0 Å². The van der Waals surface area contributed by atoms with Crippen LogP contribution in [0.3, 0.4) is 0 Å². The lowest BCUT2D eigenvalue weighted by molar-refractivity contribution is -0.137. The van der Waals surface area contributed by atoms with Crippen molar-refractivity contribution in [2.45, 2.75) is 45.3 Å². The highest BCUT2D eigenvalue weighted by molar-refractivity contribution is 5.72. The number of fused-ring (bicyclic) bond motifs is 1. The van der Waals surface area contributed by atoms with Gasteiger partial charge in [0.15, 0.2) is 0 Å². The number of rotatable bonds is 7. The van der Waals surface area contributed by atoms with E-state index in [0.29, 0.717) is 18.8 Å². The summed E-state index contributed by atoms with van der Waals surface area (Å²) in [6.45, 7) is 4.57. The van der Waals surface area contributed by atoms with Crippen molar-refractivity contribution in [1.82, 2.24) is 0 Å². The van der Waals surface area contributed by atoms with E-state index in [4.69, 9.17) is 14.6 Å². The summed E-state index contributed by atoms with van der Waals surface area (Å²) in [6, 6.07) is 17.9. The highest BCUT2D eigenvalue weighted by Crippen LogP contribution is 2.43. The topological polar surface area (TPSA) is 76.0 Å². The van der Waals surface area contributed by atoms with Crippen LogP contribution in [0.25, 0.3) is 11.1 Å². The molecule has 0 radical (unpaired) electrons. The van der Waals surface area contributed by atoms with Gasteiger partial charge in [0.1, 0.15) is 18.1 Å². The Bertz CT molecular complexity index is 1130. The lowest BCUT2D eigenvalue weighted by Gasteiger charge is -2.14. The number of carboxylic acids is 1. The number of aliphatic hydroxyl groups excluding tert-OH is 1. The molecule has 4 rings (SSSR count). The quantitative estimate of drug-likeness (QED) is 0.512. The van der Waals surface area contributed by atoms with Crippen LogP contribution in [0, 0.1) is 13.8 Å². The fourth-order valence-corrected chi connectivity index (χ4v) is 4.71. The monoisotopic (exact) mass is 432 g/mol. The average Bonchev–Trinajstić information content (AvgIpc) is 3.06. The van der Waals surface area contributed by atoms with E-state index in [9.17, 15) is 9.90 Å². The van der Waals surface area contributed by atoms with E-state index < -0.39 is 12.1 Å². The van der Waals surface area contributed by atoms with Gasteiger partial charge in [-0.3, -0.25) is 4.79 Å². The third-order valence-corrected chi connectivity index (χ3v) is 6.15. The van der Waals surface area contributed by atoms with Crippen molar-refractivity contribution in [1.29, 1.82) is 0 Å². The minimum absolute atomic E-state index is 0.0290. The molecule has 0 aliphatic heterocycles. The van der Waals surface area contributed by atoms with E-state index >= 15 is 0 Å². The number of aliphatic carboxylic acids is 1. The summed E-state index contributed by atoms with van der Waals surface area (Å²) < 4.78 is 11.4. The standard InChI is InChI=1S/C27H28O5/c1-16-9-22(31-3)10-17(2)27(16)19-6-4-5-18(11-19)15-32-21-7-8-23-20(13-26(29)30)12-25(28)24(23)14-21/h4-11,14,20,25,28H,12-13,15H2,1-3H3,(H,29,30). The first-order chi connectivity index (χ1) is 15.4. The highest BCUT2D eigenvalue weighted by Gasteiger charge is 2.31. The van der Waals surface area contributed by atoms with Crippen molar-refractivity contribution in [2.75, 3.05) is 7.11 Å². The van der Waals surface area contributed by atoms with Crippen LogP contribution in [0.5, 0.6) is 11.5 Å². The summed E-state index contributed by atoms with van der Waals surface area (Å²) in [5.41, 5.74) is 7.35. The van der Waals surface area contributed by atoms with Gasteiger partial charge in [-0.05, 0) is 95.5 Å². The van der Waals surface area contributed by atoms with E-state index in [0.717, 1.165) is 39.1 Å². The molecule has 0 saturated carbocycles. The average molecular weight is 433 g/mol. The minimum atomic E-state index is -0.849. The maximum atomic E-state index is 11.1. The molecule has 0 amide bonds. The van der Waals surface area contributed by atoms with Gasteiger partial charge >= 0.3 is 5.97 Å². The van der Waals surface area contributed by atoms with Crippen LogP contribution >= 0.6 is 0 Å². The molecule has 0 heterocycles. The van der Waals surface area contributed by atoms with Crippen LogP contribution in [0.1, 0.15) is 52.7 Å². The molecule has 1 aliphatic rings. The van der Waals surface area contributed by atoms with E-state index in [1.807, 2.05) is 42.5 Å². The number of carbonyl (C=O) groups is 1. The molecule has 0 saturated heterocycles. The van der Waals surface area contributed by atoms with Gasteiger partial charge in [0, 0.05) is 0 Å². The number of hydrogen-bond acceptors (Lipinski definition) is 4. The molecule has 0 fully saturated rings. The fourth-order valence-electron chi connectivity index (χ4n) is 4.71. The summed E-state index contributed by atoms with van der Waals surface area (Å²) in [5, 5.41) is 19.5. The molecular formula is C27H28O5. The molecule has 2 atom stereocenters. The molecule has 166 valence electrons. The van der Waals surface area contributed by atoms with Crippen molar-refractivity contribution in [2.24, 2.45) is 0 Å². The first-order valence-electron chi connectivity index (χ1n) is 10.8. The number of aliphatic hydroxyl groups is 1. The highest BCUT2D eigenvalue weighted by atomic mass is 16.5. The molecule has 2 unspecified atom stereocenters. The van der Waals surface area contributed by atoms with E-state index in [-0.39, 0.29) is 12.3 Å². The Kier molecular flexibility index (Phi) is 6.19. The molecule has 0 spiro atoms. The largest absolute Gasteiger partial charge is 0.497 e. The van der Waals surface area contributed by atoms with Crippen LogP contribution in [-0.2, 0) is 11.4 Å². The Morgan fingerprint density at radius 2 is 1.75 bits per heavy atom. The Hall–Kier alpha value is -3.31. The Morgan fingerprint density at radius 3 is 2.44 bits per heavy atom. The number of hydrogen-bond donors (Lipinski definition) is 2. The predicted octanol–water partition coefficient (Wildman–Crippen LogP) is 5.55. The van der Waals surface area contributed by atoms with Gasteiger partial charge in [0.2, 0.25) is 0 Å². The third-order valence-electron chi connectivity index (χ3n) is 6.15. The zero-order valence-electron chi connectivity index (χ0n) is 18.6. The molecule has 2 N–H and O–H groups in total. The number of aryl methyl sites for hydroxylation is 2. The maximum absolute atomic E-state index is 11.1. The van der Waals surface area contributed by atoms with Gasteiger partial charge in [0.25, 0.3) is 0 Å². The number of methoxy groups -OCH3 is 1. The van der Waals surface area contributed by atoms with Gasteiger partial charge in [-0.25, -0.2) is 0 Å². The van der Waals surface area contributed by atoms with E-state index in [1.54, 1.807) is 7.11 Å². The van der Waals surface area contributed by atoms with Crippen LogP contribution < -0.4 is 9.47 Å². The molecule has 5 heteroatoms. The second kappa shape index (κ2) is 9.05. The fraction of sp³-hybridized carbons (Fsp3) is 0.296. The van der Waals surface area contributed by atoms with Crippen molar-refractivity contribution in [3.05, 3.63) is 82.4 Å².